The fourth-order valence-corrected chi connectivity index (χ4v) is 8.69. The van der Waals surface area contributed by atoms with Crippen LogP contribution < -0.4 is 0 Å². The van der Waals surface area contributed by atoms with E-state index in [0.29, 0.717) is 0 Å². The van der Waals surface area contributed by atoms with E-state index in [1.54, 1.807) is 0 Å². The lowest BCUT2D eigenvalue weighted by Gasteiger charge is -2.37. The van der Waals surface area contributed by atoms with Crippen molar-refractivity contribution in [1.82, 2.24) is 0 Å². The highest BCUT2D eigenvalue weighted by atomic mass is 16.7. The molecule has 4 aliphatic heterocycles. The minimum absolute atomic E-state index is 0.310. The smallest absolute Gasteiger partial charge is 0.305 e. The molecule has 6 N–H and O–H groups in total. The van der Waals surface area contributed by atoms with Gasteiger partial charge in [-0.3, -0.25) is 28.8 Å². The SMILES string of the molecule is CC1OC(CC(=O)O)CC23OC12C(=O)c1c(O)c(-c2cc(O)c4c(c2O)C(=O)C25OC2(CC(CC(=O)O)OC5C)C4=O)cc(O)c1C3=O. The molecule has 0 saturated carbocycles. The van der Waals surface area contributed by atoms with E-state index in [1.807, 2.05) is 0 Å². The van der Waals surface area contributed by atoms with Crippen molar-refractivity contribution in [3.8, 4) is 34.1 Å². The lowest BCUT2D eigenvalue weighted by molar-refractivity contribution is -0.144. The Kier molecular flexibility index (Phi) is 5.68. The number of carbonyl (C=O) groups is 6. The van der Waals surface area contributed by atoms with Gasteiger partial charge in [-0.15, -0.1) is 0 Å². The van der Waals surface area contributed by atoms with E-state index in [4.69, 9.17) is 18.9 Å². The van der Waals surface area contributed by atoms with E-state index >= 15 is 0 Å². The number of epoxide rings is 2. The molecule has 6 aliphatic rings. The predicted octanol–water partition coefficient (Wildman–Crippen LogP) is 1.25. The Bertz CT molecular complexity index is 1860. The van der Waals surface area contributed by atoms with Gasteiger partial charge < -0.3 is 49.6 Å². The minimum Gasteiger partial charge on any atom is -0.507 e. The van der Waals surface area contributed by atoms with Crippen LogP contribution in [0.1, 0.15) is 81.0 Å². The summed E-state index contributed by atoms with van der Waals surface area (Å²) in [6.45, 7) is 2.81. The average molecular weight is 667 g/mol. The summed E-state index contributed by atoms with van der Waals surface area (Å²) in [5.74, 6) is -9.64. The summed E-state index contributed by atoms with van der Waals surface area (Å²) >= 11 is 0. The molecule has 4 heterocycles. The van der Waals surface area contributed by atoms with Gasteiger partial charge in [-0.1, -0.05) is 0 Å². The largest absolute Gasteiger partial charge is 0.507 e. The Morgan fingerprint density at radius 1 is 0.646 bits per heavy atom. The second-order valence-corrected chi connectivity index (χ2v) is 13.1. The number of phenolic OH excluding ortho intramolecular Hbond substituents is 4. The third-order valence-corrected chi connectivity index (χ3v) is 10.7. The van der Waals surface area contributed by atoms with Gasteiger partial charge in [0.15, 0.2) is 22.4 Å². The number of ketones is 4. The Hall–Kier alpha value is -4.90. The van der Waals surface area contributed by atoms with Crippen LogP contribution in [0.4, 0.5) is 0 Å². The molecule has 16 nitrogen and oxygen atoms in total. The van der Waals surface area contributed by atoms with Gasteiger partial charge in [0, 0.05) is 24.0 Å². The molecule has 16 heteroatoms. The van der Waals surface area contributed by atoms with Crippen molar-refractivity contribution in [2.24, 2.45) is 0 Å². The second kappa shape index (κ2) is 8.96. The second-order valence-electron chi connectivity index (χ2n) is 13.1. The first kappa shape index (κ1) is 30.4. The summed E-state index contributed by atoms with van der Waals surface area (Å²) in [6.07, 6.45) is -5.88. The van der Waals surface area contributed by atoms with Gasteiger partial charge in [0.1, 0.15) is 23.0 Å². The third-order valence-electron chi connectivity index (χ3n) is 10.7. The zero-order chi connectivity index (χ0) is 34.6. The molecule has 2 aromatic rings. The van der Waals surface area contributed by atoms with E-state index < -0.39 is 151 Å². The maximum Gasteiger partial charge on any atom is 0.305 e. The number of carboxylic acids is 2. The maximum absolute atomic E-state index is 14.0. The number of fused-ring (bicyclic) bond motifs is 2. The van der Waals surface area contributed by atoms with Crippen molar-refractivity contribution in [2.45, 2.75) is 86.4 Å². The van der Waals surface area contributed by atoms with Crippen molar-refractivity contribution in [3.05, 3.63) is 34.4 Å². The van der Waals surface area contributed by atoms with Crippen molar-refractivity contribution in [1.29, 1.82) is 0 Å². The van der Waals surface area contributed by atoms with Gasteiger partial charge in [-0.05, 0) is 26.0 Å². The van der Waals surface area contributed by atoms with Crippen molar-refractivity contribution in [2.75, 3.05) is 0 Å². The molecule has 4 fully saturated rings. The first-order chi connectivity index (χ1) is 22.5. The molecular formula is C32H26O16. The summed E-state index contributed by atoms with van der Waals surface area (Å²) in [4.78, 5) is 78.5. The molecule has 250 valence electrons. The molecule has 2 aliphatic carbocycles. The highest BCUT2D eigenvalue weighted by molar-refractivity contribution is 6.30. The number of aliphatic carboxylic acids is 2. The van der Waals surface area contributed by atoms with Gasteiger partial charge >= 0.3 is 11.9 Å². The van der Waals surface area contributed by atoms with E-state index in [2.05, 4.69) is 0 Å². The zero-order valence-electron chi connectivity index (χ0n) is 25.1. The number of benzene rings is 2. The normalized spacial score (nSPS) is 37.0. The van der Waals surface area contributed by atoms with Gasteiger partial charge in [0.05, 0.1) is 59.5 Å². The average Bonchev–Trinajstić information content (AvgIpc) is 3.89. The fraction of sp³-hybridized carbons (Fsp3) is 0.438. The van der Waals surface area contributed by atoms with Gasteiger partial charge in [-0.2, -0.15) is 0 Å². The monoisotopic (exact) mass is 666 g/mol. The number of phenols is 4. The summed E-state index contributed by atoms with van der Waals surface area (Å²) in [7, 11) is 0. The van der Waals surface area contributed by atoms with Crippen LogP contribution in [0.3, 0.4) is 0 Å². The number of carbonyl (C=O) groups excluding carboxylic acids is 4. The van der Waals surface area contributed by atoms with Crippen LogP contribution in [0.2, 0.25) is 0 Å². The Labute approximate surface area is 268 Å². The standard InChI is InChI=1S/C32H26O16/c1-9-31-27(43)21-19(25(41)29(31,47-31)7-11(45-9)3-17(35)36)15(33)5-13(23(21)39)14-6-16(34)20-22(24(14)40)28(44)32-10(2)46-12(4-18(37)38)8-30(32,48-32)26(20)42/h5-6,9-12,33-34,39-40H,3-4,7-8H2,1-2H3,(H,35,36)(H,37,38). The first-order valence-electron chi connectivity index (χ1n) is 15.0. The zero-order valence-corrected chi connectivity index (χ0v) is 25.1. The van der Waals surface area contributed by atoms with Crippen LogP contribution in [-0.2, 0) is 28.5 Å². The van der Waals surface area contributed by atoms with Gasteiger partial charge in [-0.25, -0.2) is 0 Å². The van der Waals surface area contributed by atoms with Crippen molar-refractivity contribution >= 4 is 35.1 Å². The molecule has 0 spiro atoms. The van der Waals surface area contributed by atoms with E-state index in [9.17, 15) is 59.4 Å². The molecule has 0 bridgehead atoms. The highest BCUT2D eigenvalue weighted by Gasteiger charge is 2.87. The molecule has 2 aromatic carbocycles. The minimum atomic E-state index is -1.95. The highest BCUT2D eigenvalue weighted by Crippen LogP contribution is 2.67. The molecule has 4 saturated heterocycles. The lowest BCUT2D eigenvalue weighted by atomic mass is 9.66. The predicted molar refractivity (Wildman–Crippen MR) is 151 cm³/mol. The molecule has 48 heavy (non-hydrogen) atoms. The summed E-state index contributed by atoms with van der Waals surface area (Å²) < 4.78 is 23.0. The third kappa shape index (κ3) is 3.23. The van der Waals surface area contributed by atoms with Gasteiger partial charge in [0.2, 0.25) is 23.1 Å². The molecule has 8 atom stereocenters. The molecule has 0 amide bonds. The molecular weight excluding hydrogens is 640 g/mol. The first-order valence-corrected chi connectivity index (χ1v) is 15.0. The summed E-state index contributed by atoms with van der Waals surface area (Å²) in [5.41, 5.74) is -11.2. The number of hydrogen-bond acceptors (Lipinski definition) is 14. The van der Waals surface area contributed by atoms with Gasteiger partial charge in [0.25, 0.3) is 0 Å². The van der Waals surface area contributed by atoms with E-state index in [0.717, 1.165) is 12.1 Å². The number of carboxylic acid groups (broad SMARTS) is 2. The van der Waals surface area contributed by atoms with Crippen LogP contribution in [0.25, 0.3) is 11.1 Å². The topological polar surface area (TPSA) is 267 Å². The number of Topliss-reactive ketones (excluding diaryl/α,β-unsaturated/α-hetero) is 4. The molecule has 8 unspecified atom stereocenters. The maximum atomic E-state index is 14.0. The van der Waals surface area contributed by atoms with Crippen LogP contribution in [-0.4, -0.2) is 113 Å². The molecule has 8 rings (SSSR count). The fourth-order valence-electron chi connectivity index (χ4n) is 8.69. The number of hydrogen-bond donors (Lipinski definition) is 6. The summed E-state index contributed by atoms with van der Waals surface area (Å²) in [5, 5.41) is 63.8. The van der Waals surface area contributed by atoms with Crippen LogP contribution in [0.5, 0.6) is 23.0 Å². The van der Waals surface area contributed by atoms with Crippen LogP contribution >= 0.6 is 0 Å². The Morgan fingerprint density at radius 3 is 1.33 bits per heavy atom. The number of aromatic hydroxyl groups is 4. The summed E-state index contributed by atoms with van der Waals surface area (Å²) in [6, 6.07) is 1.66. The van der Waals surface area contributed by atoms with Crippen molar-refractivity contribution < 1.29 is 78.4 Å². The lowest BCUT2D eigenvalue weighted by Crippen LogP contribution is -2.57. The quantitative estimate of drug-likeness (QED) is 0.194. The van der Waals surface area contributed by atoms with E-state index in [-0.39, 0.29) is 12.8 Å². The number of ether oxygens (including phenoxy) is 4. The van der Waals surface area contributed by atoms with E-state index in [1.165, 1.54) is 13.8 Å². The van der Waals surface area contributed by atoms with Crippen LogP contribution in [0.15, 0.2) is 12.1 Å². The Morgan fingerprint density at radius 2 is 1.00 bits per heavy atom. The van der Waals surface area contributed by atoms with Crippen molar-refractivity contribution in [3.63, 3.8) is 0 Å². The molecule has 0 radical (unpaired) electrons. The molecule has 0 aromatic heterocycles. The Balaban J connectivity index is 1.25. The number of rotatable bonds is 5. The van der Waals surface area contributed by atoms with Crippen LogP contribution in [0, 0.1) is 0 Å².